The fraction of sp³-hybridized carbons (Fsp3) is 0.368. The Labute approximate surface area is 141 Å². The normalized spacial score (nSPS) is 15.7. The van der Waals surface area contributed by atoms with Crippen LogP contribution >= 0.6 is 0 Å². The highest BCUT2D eigenvalue weighted by Gasteiger charge is 2.25. The van der Waals surface area contributed by atoms with Gasteiger partial charge in [-0.15, -0.1) is 0 Å². The first-order chi connectivity index (χ1) is 11.5. The number of hydrogen-bond acceptors (Lipinski definition) is 4. The monoisotopic (exact) mass is 326 g/mol. The second-order valence-corrected chi connectivity index (χ2v) is 6.17. The highest BCUT2D eigenvalue weighted by Crippen LogP contribution is 2.35. The van der Waals surface area contributed by atoms with Gasteiger partial charge in [0, 0.05) is 23.9 Å². The Balaban J connectivity index is 2.01. The molecule has 1 aliphatic rings. The number of ketones is 1. The largest absolute Gasteiger partial charge is 0.493 e. The topological polar surface area (TPSA) is 53.4 Å². The van der Waals surface area contributed by atoms with Crippen molar-refractivity contribution in [1.29, 1.82) is 0 Å². The summed E-state index contributed by atoms with van der Waals surface area (Å²) in [5.41, 5.74) is 3.33. The number of hydrogen-bond donors (Lipinski definition) is 0. The first-order valence-electron chi connectivity index (χ1n) is 8.11. The second kappa shape index (κ2) is 6.51. The molecule has 5 nitrogen and oxygen atoms in total. The van der Waals surface area contributed by atoms with Crippen molar-refractivity contribution in [3.63, 3.8) is 0 Å². The molecule has 3 rings (SSSR count). The van der Waals surface area contributed by atoms with Crippen LogP contribution in [0.4, 0.5) is 0 Å². The van der Waals surface area contributed by atoms with Crippen LogP contribution < -0.4 is 9.47 Å². The zero-order chi connectivity index (χ0) is 17.3. The molecule has 24 heavy (non-hydrogen) atoms. The number of fused-ring (bicyclic) bond motifs is 1. The molecule has 0 amide bonds. The minimum absolute atomic E-state index is 0.0189. The average Bonchev–Trinajstić information content (AvgIpc) is 2.93. The third-order valence-corrected chi connectivity index (χ3v) is 4.14. The Morgan fingerprint density at radius 3 is 2.79 bits per heavy atom. The molecule has 1 aromatic heterocycles. The maximum Gasteiger partial charge on any atom is 0.192 e. The number of carbonyl (C=O) groups excluding carboxylic acids is 1. The van der Waals surface area contributed by atoms with Crippen LogP contribution in [0.1, 0.15) is 41.9 Å². The van der Waals surface area contributed by atoms with E-state index in [1.807, 2.05) is 45.2 Å². The van der Waals surface area contributed by atoms with Crippen molar-refractivity contribution in [3.8, 4) is 11.5 Å². The van der Waals surface area contributed by atoms with E-state index in [1.54, 1.807) is 18.0 Å². The summed E-state index contributed by atoms with van der Waals surface area (Å²) in [6.07, 6.45) is 5.10. The van der Waals surface area contributed by atoms with E-state index in [4.69, 9.17) is 9.47 Å². The van der Waals surface area contributed by atoms with E-state index in [0.717, 1.165) is 23.3 Å². The Bertz CT molecular complexity index is 803. The predicted octanol–water partition coefficient (Wildman–Crippen LogP) is 3.43. The Morgan fingerprint density at radius 1 is 1.29 bits per heavy atom. The molecule has 0 spiro atoms. The molecule has 0 saturated heterocycles. The summed E-state index contributed by atoms with van der Waals surface area (Å²) in [7, 11) is 3.49. The van der Waals surface area contributed by atoms with Crippen LogP contribution in [0.3, 0.4) is 0 Å². The van der Waals surface area contributed by atoms with Crippen molar-refractivity contribution < 1.29 is 14.3 Å². The van der Waals surface area contributed by atoms with Crippen molar-refractivity contribution in [3.05, 3.63) is 46.8 Å². The summed E-state index contributed by atoms with van der Waals surface area (Å²) in [6.45, 7) is 3.94. The maximum absolute atomic E-state index is 12.7. The molecule has 0 saturated carbocycles. The van der Waals surface area contributed by atoms with E-state index in [2.05, 4.69) is 5.10 Å². The van der Waals surface area contributed by atoms with Gasteiger partial charge in [-0.3, -0.25) is 9.48 Å². The lowest BCUT2D eigenvalue weighted by molar-refractivity contribution is 0.102. The number of ether oxygens (including phenoxy) is 2. The zero-order valence-electron chi connectivity index (χ0n) is 14.5. The molecule has 1 aliphatic carbocycles. The standard InChI is InChI=1S/C19H22N2O3/c1-12(2)24-19-14(6-5-7-17(19)23-4)10-13-8-9-16-15(18(13)22)11-20-21(16)3/h5-7,10-12H,8-9H2,1-4H3/b13-10+. The lowest BCUT2D eigenvalue weighted by Gasteiger charge is -2.18. The quantitative estimate of drug-likeness (QED) is 0.808. The number of nitrogens with zero attached hydrogens (tertiary/aromatic N) is 2. The van der Waals surface area contributed by atoms with E-state index in [9.17, 15) is 4.79 Å². The Morgan fingerprint density at radius 2 is 2.08 bits per heavy atom. The first kappa shape index (κ1) is 16.3. The van der Waals surface area contributed by atoms with Gasteiger partial charge in [0.25, 0.3) is 0 Å². The molecule has 5 heteroatoms. The molecule has 0 unspecified atom stereocenters. The predicted molar refractivity (Wildman–Crippen MR) is 92.6 cm³/mol. The smallest absolute Gasteiger partial charge is 0.192 e. The third-order valence-electron chi connectivity index (χ3n) is 4.14. The summed E-state index contributed by atoms with van der Waals surface area (Å²) < 4.78 is 13.1. The van der Waals surface area contributed by atoms with E-state index in [-0.39, 0.29) is 11.9 Å². The molecule has 0 aliphatic heterocycles. The van der Waals surface area contributed by atoms with Crippen LogP contribution in [0.25, 0.3) is 6.08 Å². The third kappa shape index (κ3) is 2.94. The molecular weight excluding hydrogens is 304 g/mol. The molecule has 1 heterocycles. The van der Waals surface area contributed by atoms with Gasteiger partial charge in [-0.1, -0.05) is 12.1 Å². The van der Waals surface area contributed by atoms with Gasteiger partial charge in [0.1, 0.15) is 0 Å². The van der Waals surface area contributed by atoms with E-state index in [0.29, 0.717) is 23.5 Å². The highest BCUT2D eigenvalue weighted by atomic mass is 16.5. The highest BCUT2D eigenvalue weighted by molar-refractivity contribution is 6.13. The van der Waals surface area contributed by atoms with E-state index >= 15 is 0 Å². The zero-order valence-corrected chi connectivity index (χ0v) is 14.5. The summed E-state index contributed by atoms with van der Waals surface area (Å²) in [5, 5.41) is 4.20. The Kier molecular flexibility index (Phi) is 4.42. The Hall–Kier alpha value is -2.56. The lowest BCUT2D eigenvalue weighted by Crippen LogP contribution is -2.15. The van der Waals surface area contributed by atoms with Crippen molar-refractivity contribution in [2.24, 2.45) is 7.05 Å². The number of Topliss-reactive ketones (excluding diaryl/α,β-unsaturated/α-hetero) is 1. The molecule has 126 valence electrons. The van der Waals surface area contributed by atoms with Crippen LogP contribution in [0, 0.1) is 0 Å². The number of carbonyl (C=O) groups is 1. The van der Waals surface area contributed by atoms with Crippen LogP contribution in [-0.2, 0) is 13.5 Å². The molecule has 0 atom stereocenters. The van der Waals surface area contributed by atoms with Gasteiger partial charge >= 0.3 is 0 Å². The molecule has 0 N–H and O–H groups in total. The second-order valence-electron chi connectivity index (χ2n) is 6.17. The van der Waals surface area contributed by atoms with Crippen molar-refractivity contribution in [2.75, 3.05) is 7.11 Å². The minimum atomic E-state index is 0.0189. The van der Waals surface area contributed by atoms with Gasteiger partial charge in [0.2, 0.25) is 0 Å². The first-order valence-corrected chi connectivity index (χ1v) is 8.11. The number of aryl methyl sites for hydroxylation is 1. The summed E-state index contributed by atoms with van der Waals surface area (Å²) in [5.74, 6) is 1.39. The van der Waals surface area contributed by atoms with Crippen molar-refractivity contribution in [2.45, 2.75) is 32.8 Å². The average molecular weight is 326 g/mol. The van der Waals surface area contributed by atoms with Crippen LogP contribution in [-0.4, -0.2) is 28.8 Å². The molecular formula is C19H22N2O3. The fourth-order valence-corrected chi connectivity index (χ4v) is 2.98. The van der Waals surface area contributed by atoms with Crippen molar-refractivity contribution >= 4 is 11.9 Å². The van der Waals surface area contributed by atoms with Crippen molar-refractivity contribution in [1.82, 2.24) is 9.78 Å². The number of allylic oxidation sites excluding steroid dienone is 1. The van der Waals surface area contributed by atoms with Crippen LogP contribution in [0.15, 0.2) is 30.0 Å². The van der Waals surface area contributed by atoms with Gasteiger partial charge in [0.15, 0.2) is 17.3 Å². The fourth-order valence-electron chi connectivity index (χ4n) is 2.98. The van der Waals surface area contributed by atoms with Gasteiger partial charge in [-0.25, -0.2) is 0 Å². The number of rotatable bonds is 4. The molecule has 0 bridgehead atoms. The summed E-state index contributed by atoms with van der Waals surface area (Å²) in [4.78, 5) is 12.7. The van der Waals surface area contributed by atoms with E-state index < -0.39 is 0 Å². The molecule has 0 radical (unpaired) electrons. The summed E-state index contributed by atoms with van der Waals surface area (Å²) in [6, 6.07) is 5.71. The number of methoxy groups -OCH3 is 1. The number of benzene rings is 1. The number of aromatic nitrogens is 2. The number of para-hydroxylation sites is 1. The maximum atomic E-state index is 12.7. The van der Waals surface area contributed by atoms with Gasteiger partial charge in [-0.05, 0) is 38.8 Å². The molecule has 0 fully saturated rings. The van der Waals surface area contributed by atoms with Gasteiger partial charge in [0.05, 0.1) is 25.0 Å². The molecule has 1 aromatic carbocycles. The van der Waals surface area contributed by atoms with Gasteiger partial charge < -0.3 is 9.47 Å². The van der Waals surface area contributed by atoms with Crippen LogP contribution in [0.5, 0.6) is 11.5 Å². The molecule has 2 aromatic rings. The minimum Gasteiger partial charge on any atom is -0.493 e. The summed E-state index contributed by atoms with van der Waals surface area (Å²) >= 11 is 0. The van der Waals surface area contributed by atoms with E-state index in [1.165, 1.54) is 0 Å². The van der Waals surface area contributed by atoms with Gasteiger partial charge in [-0.2, -0.15) is 5.10 Å². The van der Waals surface area contributed by atoms with Crippen LogP contribution in [0.2, 0.25) is 0 Å². The lowest BCUT2D eigenvalue weighted by atomic mass is 9.90. The SMILES string of the molecule is COc1cccc(/C=C2\CCc3c(cnn3C)C2=O)c1OC(C)C.